The summed E-state index contributed by atoms with van der Waals surface area (Å²) in [6, 6.07) is 8.98. The molecule has 0 heterocycles. The predicted molar refractivity (Wildman–Crippen MR) is 75.0 cm³/mol. The molecule has 0 unspecified atom stereocenters. The molecule has 0 aliphatic heterocycles. The van der Waals surface area contributed by atoms with E-state index in [1.54, 1.807) is 17.9 Å². The molecule has 0 aromatic heterocycles. The highest BCUT2D eigenvalue weighted by atomic mass is 19.1. The van der Waals surface area contributed by atoms with Crippen molar-refractivity contribution in [3.63, 3.8) is 0 Å². The zero-order valence-corrected chi connectivity index (χ0v) is 11.4. The average molecular weight is 293 g/mol. The minimum absolute atomic E-state index is 0.224. The van der Waals surface area contributed by atoms with Gasteiger partial charge in [-0.3, -0.25) is 4.79 Å². The van der Waals surface area contributed by atoms with Gasteiger partial charge in [0.15, 0.2) is 5.78 Å². The number of hydrogen-bond donors (Lipinski definition) is 0. The lowest BCUT2D eigenvalue weighted by Crippen LogP contribution is -2.30. The lowest BCUT2D eigenvalue weighted by Gasteiger charge is -2.22. The zero-order chi connectivity index (χ0) is 15.4. The van der Waals surface area contributed by atoms with E-state index in [-0.39, 0.29) is 6.54 Å². The van der Waals surface area contributed by atoms with E-state index in [1.165, 1.54) is 24.3 Å². The van der Waals surface area contributed by atoms with Gasteiger partial charge >= 0.3 is 0 Å². The van der Waals surface area contributed by atoms with E-state index in [0.717, 1.165) is 12.1 Å². The van der Waals surface area contributed by atoms with Crippen LogP contribution in [0.1, 0.15) is 17.3 Å². The van der Waals surface area contributed by atoms with Crippen molar-refractivity contribution in [1.82, 2.24) is 0 Å². The van der Waals surface area contributed by atoms with Gasteiger partial charge in [0.1, 0.15) is 17.5 Å². The Morgan fingerprint density at radius 3 is 2.24 bits per heavy atom. The molecule has 0 aliphatic carbocycles. The van der Waals surface area contributed by atoms with Crippen molar-refractivity contribution < 1.29 is 18.0 Å². The monoisotopic (exact) mass is 293 g/mol. The van der Waals surface area contributed by atoms with E-state index in [9.17, 15) is 18.0 Å². The molecule has 21 heavy (non-hydrogen) atoms. The Bertz CT molecular complexity index is 637. The van der Waals surface area contributed by atoms with Crippen molar-refractivity contribution in [3.8, 4) is 0 Å². The fourth-order valence-electron chi connectivity index (χ4n) is 2.08. The Morgan fingerprint density at radius 1 is 1.05 bits per heavy atom. The van der Waals surface area contributed by atoms with Crippen LogP contribution in [0.25, 0.3) is 0 Å². The molecular weight excluding hydrogens is 279 g/mol. The highest BCUT2D eigenvalue weighted by molar-refractivity contribution is 5.99. The van der Waals surface area contributed by atoms with Gasteiger partial charge in [-0.1, -0.05) is 12.1 Å². The molecule has 0 aliphatic rings. The zero-order valence-electron chi connectivity index (χ0n) is 11.4. The molecule has 0 N–H and O–H groups in total. The molecule has 0 saturated carbocycles. The molecule has 2 rings (SSSR count). The van der Waals surface area contributed by atoms with Gasteiger partial charge in [-0.2, -0.15) is 0 Å². The number of carbonyl (C=O) groups excluding carboxylic acids is 1. The highest BCUT2D eigenvalue weighted by Crippen LogP contribution is 2.18. The van der Waals surface area contributed by atoms with Crippen molar-refractivity contribution in [2.75, 3.05) is 18.0 Å². The third-order valence-electron chi connectivity index (χ3n) is 3.13. The summed E-state index contributed by atoms with van der Waals surface area (Å²) in [6.45, 7) is 1.96. The maximum Gasteiger partial charge on any atom is 0.187 e. The number of benzene rings is 2. The molecule has 0 spiro atoms. The van der Waals surface area contributed by atoms with Crippen LogP contribution in [0.15, 0.2) is 42.5 Å². The Hall–Kier alpha value is -2.30. The summed E-state index contributed by atoms with van der Waals surface area (Å²) in [4.78, 5) is 13.7. The lowest BCUT2D eigenvalue weighted by molar-refractivity contribution is 0.0991. The number of ketones is 1. The van der Waals surface area contributed by atoms with Crippen LogP contribution in [0, 0.1) is 17.5 Å². The van der Waals surface area contributed by atoms with Crippen molar-refractivity contribution in [1.29, 1.82) is 0 Å². The van der Waals surface area contributed by atoms with E-state index in [0.29, 0.717) is 12.2 Å². The Morgan fingerprint density at radius 2 is 1.67 bits per heavy atom. The second kappa shape index (κ2) is 6.43. The van der Waals surface area contributed by atoms with Crippen LogP contribution in [-0.2, 0) is 0 Å². The summed E-state index contributed by atoms with van der Waals surface area (Å²) in [6.07, 6.45) is 0. The second-order valence-corrected chi connectivity index (χ2v) is 4.51. The molecule has 2 nitrogen and oxygen atoms in total. The number of anilines is 1. The summed E-state index contributed by atoms with van der Waals surface area (Å²) in [5.74, 6) is -2.90. The molecule has 5 heteroatoms. The molecule has 0 bridgehead atoms. The summed E-state index contributed by atoms with van der Waals surface area (Å²) in [5, 5.41) is 0. The number of halogens is 3. The molecule has 0 atom stereocenters. The molecule has 0 saturated heterocycles. The molecule has 2 aromatic rings. The Kier molecular flexibility index (Phi) is 4.62. The summed E-state index contributed by atoms with van der Waals surface area (Å²) >= 11 is 0. The third kappa shape index (κ3) is 3.42. The van der Waals surface area contributed by atoms with Crippen LogP contribution in [0.2, 0.25) is 0 Å². The van der Waals surface area contributed by atoms with E-state index >= 15 is 0 Å². The topological polar surface area (TPSA) is 20.3 Å². The normalized spacial score (nSPS) is 10.5. The van der Waals surface area contributed by atoms with Crippen LogP contribution < -0.4 is 4.90 Å². The number of nitrogens with zero attached hydrogens (tertiary/aromatic N) is 1. The first kappa shape index (κ1) is 15.1. The maximum absolute atomic E-state index is 13.6. The van der Waals surface area contributed by atoms with Crippen LogP contribution >= 0.6 is 0 Å². The van der Waals surface area contributed by atoms with Crippen molar-refractivity contribution >= 4 is 11.5 Å². The summed E-state index contributed by atoms with van der Waals surface area (Å²) < 4.78 is 40.4. The number of hydrogen-bond acceptors (Lipinski definition) is 2. The first-order valence-corrected chi connectivity index (χ1v) is 6.50. The fraction of sp³-hybridized carbons (Fsp3) is 0.188. The SMILES string of the molecule is CCN(CC(=O)c1c(F)cccc1F)c1cccc(F)c1. The van der Waals surface area contributed by atoms with Crippen LogP contribution in [-0.4, -0.2) is 18.9 Å². The van der Waals surface area contributed by atoms with Crippen molar-refractivity contribution in [2.24, 2.45) is 0 Å². The van der Waals surface area contributed by atoms with E-state index in [1.807, 2.05) is 0 Å². The quantitative estimate of drug-likeness (QED) is 0.781. The van der Waals surface area contributed by atoms with Gasteiger partial charge in [0.2, 0.25) is 0 Å². The van der Waals surface area contributed by atoms with E-state index in [4.69, 9.17) is 0 Å². The van der Waals surface area contributed by atoms with Crippen molar-refractivity contribution in [2.45, 2.75) is 6.92 Å². The molecule has 110 valence electrons. The maximum atomic E-state index is 13.6. The van der Waals surface area contributed by atoms with Crippen LogP contribution in [0.4, 0.5) is 18.9 Å². The smallest absolute Gasteiger partial charge is 0.187 e. The predicted octanol–water partition coefficient (Wildman–Crippen LogP) is 3.81. The van der Waals surface area contributed by atoms with Gasteiger partial charge in [0, 0.05) is 12.2 Å². The van der Waals surface area contributed by atoms with Crippen molar-refractivity contribution in [3.05, 3.63) is 65.5 Å². The minimum Gasteiger partial charge on any atom is -0.364 e. The highest BCUT2D eigenvalue weighted by Gasteiger charge is 2.19. The fourth-order valence-corrected chi connectivity index (χ4v) is 2.08. The molecular formula is C16H14F3NO. The van der Waals surface area contributed by atoms with E-state index in [2.05, 4.69) is 0 Å². The van der Waals surface area contributed by atoms with E-state index < -0.39 is 28.8 Å². The molecule has 2 aromatic carbocycles. The second-order valence-electron chi connectivity index (χ2n) is 4.51. The minimum atomic E-state index is -0.893. The van der Waals surface area contributed by atoms with Crippen LogP contribution in [0.5, 0.6) is 0 Å². The third-order valence-corrected chi connectivity index (χ3v) is 3.13. The standard InChI is InChI=1S/C16H14F3NO/c1-2-20(12-6-3-5-11(17)9-12)10-15(21)16-13(18)7-4-8-14(16)19/h3-9H,2,10H2,1H3. The number of likely N-dealkylation sites (N-methyl/N-ethyl adjacent to an activating group) is 1. The largest absolute Gasteiger partial charge is 0.364 e. The average Bonchev–Trinajstić information content (AvgIpc) is 2.44. The Balaban J connectivity index is 2.25. The number of carbonyl (C=O) groups is 1. The Labute approximate surface area is 120 Å². The summed E-state index contributed by atoms with van der Waals surface area (Å²) in [7, 11) is 0. The molecule has 0 amide bonds. The van der Waals surface area contributed by atoms with Crippen LogP contribution in [0.3, 0.4) is 0 Å². The molecule has 0 radical (unpaired) electrons. The van der Waals surface area contributed by atoms with Gasteiger partial charge in [-0.05, 0) is 37.3 Å². The first-order chi connectivity index (χ1) is 10.0. The lowest BCUT2D eigenvalue weighted by atomic mass is 10.1. The number of rotatable bonds is 5. The first-order valence-electron chi connectivity index (χ1n) is 6.50. The van der Waals surface area contributed by atoms with Gasteiger partial charge < -0.3 is 4.90 Å². The number of Topliss-reactive ketones (excluding diaryl/α,β-unsaturated/α-hetero) is 1. The van der Waals surface area contributed by atoms with Gasteiger partial charge in [0.05, 0.1) is 12.1 Å². The van der Waals surface area contributed by atoms with Gasteiger partial charge in [0.25, 0.3) is 0 Å². The molecule has 0 fully saturated rings. The van der Waals surface area contributed by atoms with Gasteiger partial charge in [-0.15, -0.1) is 0 Å². The van der Waals surface area contributed by atoms with Gasteiger partial charge in [-0.25, -0.2) is 13.2 Å². The summed E-state index contributed by atoms with van der Waals surface area (Å²) in [5.41, 5.74) is -0.0741.